The predicted molar refractivity (Wildman–Crippen MR) is 62.6 cm³/mol. The number of aryl methyl sites for hydroxylation is 1. The Morgan fingerprint density at radius 2 is 2.19 bits per heavy atom. The molecule has 0 radical (unpaired) electrons. The van der Waals surface area contributed by atoms with Gasteiger partial charge in [0.1, 0.15) is 12.4 Å². The average molecular weight is 242 g/mol. The molecule has 0 aliphatic heterocycles. The Balaban J connectivity index is 2.82. The Hall–Kier alpha value is -1.09. The van der Waals surface area contributed by atoms with E-state index >= 15 is 0 Å². The van der Waals surface area contributed by atoms with Crippen molar-refractivity contribution in [2.45, 2.75) is 13.1 Å². The molecular weight excluding hydrogens is 227 g/mol. The van der Waals surface area contributed by atoms with Crippen LogP contribution in [0.1, 0.15) is 11.1 Å². The largest absolute Gasteiger partial charge is 0.489 e. The second kappa shape index (κ2) is 5.30. The van der Waals surface area contributed by atoms with Crippen molar-refractivity contribution >= 4 is 7.60 Å². The van der Waals surface area contributed by atoms with E-state index in [1.54, 1.807) is 24.3 Å². The molecule has 0 fully saturated rings. The molecule has 0 heterocycles. The lowest BCUT2D eigenvalue weighted by atomic mass is 10.1. The van der Waals surface area contributed by atoms with Crippen LogP contribution in [-0.4, -0.2) is 16.4 Å². The minimum absolute atomic E-state index is 0.240. The van der Waals surface area contributed by atoms with Gasteiger partial charge in [-0.15, -0.1) is 0 Å². The van der Waals surface area contributed by atoms with E-state index in [9.17, 15) is 4.57 Å². The van der Waals surface area contributed by atoms with Gasteiger partial charge in [-0.25, -0.2) is 0 Å². The molecule has 0 aliphatic carbocycles. The normalized spacial score (nSPS) is 11.2. The highest BCUT2D eigenvalue weighted by Crippen LogP contribution is 2.39. The first-order valence-electron chi connectivity index (χ1n) is 4.80. The Labute approximate surface area is 94.7 Å². The van der Waals surface area contributed by atoms with Crippen molar-refractivity contribution < 1.29 is 19.1 Å². The van der Waals surface area contributed by atoms with E-state index in [0.29, 0.717) is 17.9 Å². The smallest absolute Gasteiger partial charge is 0.329 e. The third kappa shape index (κ3) is 4.19. The summed E-state index contributed by atoms with van der Waals surface area (Å²) in [7, 11) is -4.00. The van der Waals surface area contributed by atoms with Crippen LogP contribution in [0.3, 0.4) is 0 Å². The molecule has 0 unspecified atom stereocenters. The molecule has 16 heavy (non-hydrogen) atoms. The van der Waals surface area contributed by atoms with E-state index < -0.39 is 7.60 Å². The Morgan fingerprint density at radius 1 is 1.50 bits per heavy atom. The molecule has 2 N–H and O–H groups in total. The Morgan fingerprint density at radius 3 is 2.69 bits per heavy atom. The van der Waals surface area contributed by atoms with Crippen LogP contribution in [0.2, 0.25) is 0 Å². The highest BCUT2D eigenvalue weighted by molar-refractivity contribution is 7.50. The molecule has 0 aromatic heterocycles. The second-order valence-corrected chi connectivity index (χ2v) is 5.17. The summed E-state index contributed by atoms with van der Waals surface area (Å²) < 4.78 is 16.2. The molecule has 0 spiro atoms. The van der Waals surface area contributed by atoms with E-state index in [2.05, 4.69) is 6.58 Å². The standard InChI is InChI=1S/C11H15O4P/c1-3-6-15-11-5-4-10(7-9(11)2)8-16(12,13)14/h3-5,7H,1,6,8H2,2H3,(H2,12,13,14). The van der Waals surface area contributed by atoms with Crippen LogP contribution in [0.15, 0.2) is 30.9 Å². The lowest BCUT2D eigenvalue weighted by Gasteiger charge is -2.09. The number of benzene rings is 1. The van der Waals surface area contributed by atoms with Gasteiger partial charge in [-0.3, -0.25) is 4.57 Å². The van der Waals surface area contributed by atoms with Crippen LogP contribution in [-0.2, 0) is 10.7 Å². The first-order chi connectivity index (χ1) is 7.42. The van der Waals surface area contributed by atoms with Gasteiger partial charge in [-0.2, -0.15) is 0 Å². The summed E-state index contributed by atoms with van der Waals surface area (Å²) in [4.78, 5) is 17.7. The summed E-state index contributed by atoms with van der Waals surface area (Å²) in [6.07, 6.45) is 1.40. The van der Waals surface area contributed by atoms with Crippen LogP contribution in [0.25, 0.3) is 0 Å². The molecule has 0 atom stereocenters. The van der Waals surface area contributed by atoms with Crippen LogP contribution >= 0.6 is 7.60 Å². The fourth-order valence-corrected chi connectivity index (χ4v) is 2.03. The quantitative estimate of drug-likeness (QED) is 0.613. The van der Waals surface area contributed by atoms with Crippen molar-refractivity contribution in [3.63, 3.8) is 0 Å². The molecular formula is C11H15O4P. The van der Waals surface area contributed by atoms with Gasteiger partial charge in [0.15, 0.2) is 0 Å². The van der Waals surface area contributed by atoms with Gasteiger partial charge in [0, 0.05) is 0 Å². The molecule has 0 saturated carbocycles. The van der Waals surface area contributed by atoms with Crippen LogP contribution in [0.5, 0.6) is 5.75 Å². The Kier molecular flexibility index (Phi) is 4.30. The van der Waals surface area contributed by atoms with Crippen LogP contribution < -0.4 is 4.74 Å². The van der Waals surface area contributed by atoms with Gasteiger partial charge < -0.3 is 14.5 Å². The predicted octanol–water partition coefficient (Wildman–Crippen LogP) is 2.24. The van der Waals surface area contributed by atoms with E-state index in [-0.39, 0.29) is 6.16 Å². The van der Waals surface area contributed by atoms with Crippen molar-refractivity contribution in [1.29, 1.82) is 0 Å². The lowest BCUT2D eigenvalue weighted by Crippen LogP contribution is -1.96. The lowest BCUT2D eigenvalue weighted by molar-refractivity contribution is 0.360. The van der Waals surface area contributed by atoms with Gasteiger partial charge in [0.25, 0.3) is 0 Å². The third-order valence-corrected chi connectivity index (χ3v) is 2.76. The minimum Gasteiger partial charge on any atom is -0.489 e. The summed E-state index contributed by atoms with van der Waals surface area (Å²) in [5.74, 6) is 0.703. The zero-order valence-electron chi connectivity index (χ0n) is 9.09. The first kappa shape index (κ1) is 13.0. The van der Waals surface area contributed by atoms with Gasteiger partial charge in [0.05, 0.1) is 6.16 Å². The van der Waals surface area contributed by atoms with E-state index in [1.165, 1.54) is 0 Å². The van der Waals surface area contributed by atoms with Crippen LogP contribution in [0, 0.1) is 6.92 Å². The fourth-order valence-electron chi connectivity index (χ4n) is 1.36. The topological polar surface area (TPSA) is 66.8 Å². The van der Waals surface area contributed by atoms with Crippen molar-refractivity contribution in [1.82, 2.24) is 0 Å². The van der Waals surface area contributed by atoms with Crippen molar-refractivity contribution in [2.75, 3.05) is 6.61 Å². The maximum atomic E-state index is 10.8. The highest BCUT2D eigenvalue weighted by Gasteiger charge is 2.14. The summed E-state index contributed by atoms with van der Waals surface area (Å²) in [5, 5.41) is 0. The Bertz CT molecular complexity index is 422. The van der Waals surface area contributed by atoms with Gasteiger partial charge >= 0.3 is 7.60 Å². The van der Waals surface area contributed by atoms with Gasteiger partial charge in [0.2, 0.25) is 0 Å². The van der Waals surface area contributed by atoms with E-state index in [0.717, 1.165) is 5.56 Å². The fraction of sp³-hybridized carbons (Fsp3) is 0.273. The van der Waals surface area contributed by atoms with Crippen molar-refractivity contribution in [3.8, 4) is 5.75 Å². The first-order valence-corrected chi connectivity index (χ1v) is 6.60. The molecule has 1 aromatic rings. The van der Waals surface area contributed by atoms with Crippen molar-refractivity contribution in [3.05, 3.63) is 42.0 Å². The molecule has 88 valence electrons. The highest BCUT2D eigenvalue weighted by atomic mass is 31.2. The van der Waals surface area contributed by atoms with Gasteiger partial charge in [-0.05, 0) is 24.1 Å². The summed E-state index contributed by atoms with van der Waals surface area (Å²) >= 11 is 0. The van der Waals surface area contributed by atoms with Crippen LogP contribution in [0.4, 0.5) is 0 Å². The van der Waals surface area contributed by atoms with Crippen molar-refractivity contribution in [2.24, 2.45) is 0 Å². The van der Waals surface area contributed by atoms with Gasteiger partial charge in [-0.1, -0.05) is 24.8 Å². The number of hydrogen-bond acceptors (Lipinski definition) is 2. The summed E-state index contributed by atoms with van der Waals surface area (Å²) in [6, 6.07) is 5.09. The number of ether oxygens (including phenoxy) is 1. The average Bonchev–Trinajstić information content (AvgIpc) is 2.14. The molecule has 0 saturated heterocycles. The molecule has 1 aromatic carbocycles. The third-order valence-electron chi connectivity index (χ3n) is 1.98. The molecule has 1 rings (SSSR count). The van der Waals surface area contributed by atoms with E-state index in [1.807, 2.05) is 6.92 Å². The molecule has 5 heteroatoms. The van der Waals surface area contributed by atoms with E-state index in [4.69, 9.17) is 14.5 Å². The molecule has 0 amide bonds. The maximum absolute atomic E-state index is 10.8. The number of hydrogen-bond donors (Lipinski definition) is 2. The molecule has 0 aliphatic rings. The monoisotopic (exact) mass is 242 g/mol. The molecule has 4 nitrogen and oxygen atoms in total. The SMILES string of the molecule is C=CCOc1ccc(CP(=O)(O)O)cc1C. The zero-order valence-corrected chi connectivity index (χ0v) is 9.98. The summed E-state index contributed by atoms with van der Waals surface area (Å²) in [5.41, 5.74) is 1.46. The maximum Gasteiger partial charge on any atom is 0.329 e. The molecule has 0 bridgehead atoms. The summed E-state index contributed by atoms with van der Waals surface area (Å²) in [6.45, 7) is 5.79. The minimum atomic E-state index is -4.00. The second-order valence-electron chi connectivity index (χ2n) is 3.52. The number of rotatable bonds is 5. The zero-order chi connectivity index (χ0) is 12.2.